The largest absolute Gasteiger partial charge is 0.417 e. The third kappa shape index (κ3) is 6.07. The molecule has 0 saturated carbocycles. The van der Waals surface area contributed by atoms with E-state index in [2.05, 4.69) is 25.6 Å². The van der Waals surface area contributed by atoms with Crippen LogP contribution in [0.25, 0.3) is 11.2 Å². The number of nitrogen functional groups attached to an aromatic ring is 1. The molecule has 1 aliphatic rings. The molecule has 1 aliphatic heterocycles. The van der Waals surface area contributed by atoms with Crippen LogP contribution in [0.3, 0.4) is 0 Å². The van der Waals surface area contributed by atoms with Crippen molar-refractivity contribution in [3.05, 3.63) is 41.4 Å². The molecule has 1 unspecified atom stereocenters. The number of nitrogens with two attached hydrogens (primary N) is 1. The number of ether oxygens (including phenoxy) is 1. The van der Waals surface area contributed by atoms with Gasteiger partial charge in [-0.3, -0.25) is 4.57 Å². The second-order valence-corrected chi connectivity index (χ2v) is 9.23. The molecule has 206 valence electrons. The van der Waals surface area contributed by atoms with Crippen molar-refractivity contribution < 1.29 is 32.9 Å². The van der Waals surface area contributed by atoms with E-state index in [1.54, 1.807) is 7.05 Å². The molecular weight excluding hydrogens is 533 g/mol. The first-order valence-electron chi connectivity index (χ1n) is 11.5. The van der Waals surface area contributed by atoms with Crippen molar-refractivity contribution in [2.45, 2.75) is 37.1 Å². The molecule has 2 amide bonds. The third-order valence-electron chi connectivity index (χ3n) is 6.02. The molecule has 12 nitrogen and oxygen atoms in total. The minimum Gasteiger partial charge on any atom is -0.387 e. The van der Waals surface area contributed by atoms with E-state index in [1.807, 2.05) is 4.90 Å². The number of benzene rings is 1. The Kier molecular flexibility index (Phi) is 8.22. The van der Waals surface area contributed by atoms with E-state index < -0.39 is 47.3 Å². The van der Waals surface area contributed by atoms with Gasteiger partial charge in [0.1, 0.15) is 30.2 Å². The maximum Gasteiger partial charge on any atom is 0.417 e. The summed E-state index contributed by atoms with van der Waals surface area (Å²) in [7, 11) is 1.78. The molecule has 0 radical (unpaired) electrons. The number of aromatic nitrogens is 4. The molecule has 3 aromatic rings. The number of carbonyl (C=O) groups excluding carboxylic acids is 1. The number of aliphatic hydroxyl groups is 2. The average molecular weight is 559 g/mol. The smallest absolute Gasteiger partial charge is 0.387 e. The summed E-state index contributed by atoms with van der Waals surface area (Å²) in [6, 6.07) is 2.43. The fraction of sp³-hybridized carbons (Fsp3) is 0.455. The summed E-state index contributed by atoms with van der Waals surface area (Å²) in [5, 5.41) is 25.6. The Morgan fingerprint density at radius 1 is 1.26 bits per heavy atom. The zero-order valence-electron chi connectivity index (χ0n) is 20.1. The second-order valence-electron chi connectivity index (χ2n) is 8.82. The van der Waals surface area contributed by atoms with E-state index in [0.29, 0.717) is 24.1 Å². The first kappa shape index (κ1) is 27.8. The fourth-order valence-corrected chi connectivity index (χ4v) is 4.34. The summed E-state index contributed by atoms with van der Waals surface area (Å²) in [6.45, 7) is 0.998. The number of imidazole rings is 1. The van der Waals surface area contributed by atoms with Gasteiger partial charge in [-0.15, -0.1) is 0 Å². The van der Waals surface area contributed by atoms with Gasteiger partial charge in [-0.2, -0.15) is 13.2 Å². The lowest BCUT2D eigenvalue weighted by Crippen LogP contribution is -2.39. The first-order chi connectivity index (χ1) is 18.0. The van der Waals surface area contributed by atoms with Crippen LogP contribution in [-0.2, 0) is 10.9 Å². The number of carbonyl (C=O) groups is 1. The normalized spacial score (nSPS) is 21.8. The van der Waals surface area contributed by atoms with Crippen molar-refractivity contribution in [3.8, 4) is 0 Å². The van der Waals surface area contributed by atoms with Crippen LogP contribution in [0.15, 0.2) is 30.9 Å². The molecule has 0 aliphatic carbocycles. The van der Waals surface area contributed by atoms with E-state index >= 15 is 0 Å². The Morgan fingerprint density at radius 3 is 2.76 bits per heavy atom. The lowest BCUT2D eigenvalue weighted by molar-refractivity contribution is -0.137. The summed E-state index contributed by atoms with van der Waals surface area (Å²) in [6.07, 6.45) is -5.54. The Hall–Kier alpha value is -3.24. The molecule has 0 bridgehead atoms. The maximum absolute atomic E-state index is 13.0. The SMILES string of the molecule is CN(CCCNC(=O)Nc1ccc(Cl)c(C(F)(F)F)c1)C[C@H]1O[C@@H](n2cnc3c(N)ncnc32)C(O)[C@@H]1O. The van der Waals surface area contributed by atoms with Crippen LogP contribution in [0.2, 0.25) is 5.02 Å². The monoisotopic (exact) mass is 558 g/mol. The highest BCUT2D eigenvalue weighted by Crippen LogP contribution is 2.36. The van der Waals surface area contributed by atoms with Crippen LogP contribution in [0.1, 0.15) is 18.2 Å². The van der Waals surface area contributed by atoms with Crippen molar-refractivity contribution in [3.63, 3.8) is 0 Å². The van der Waals surface area contributed by atoms with Gasteiger partial charge in [-0.05, 0) is 38.2 Å². The Morgan fingerprint density at radius 2 is 2.03 bits per heavy atom. The number of likely N-dealkylation sites (N-methyl/N-ethyl adjacent to an activating group) is 1. The number of fused-ring (bicyclic) bond motifs is 1. The Labute approximate surface area is 219 Å². The minimum absolute atomic E-state index is 0.0448. The number of alkyl halides is 3. The van der Waals surface area contributed by atoms with Crippen molar-refractivity contribution >= 4 is 40.3 Å². The standard InChI is InChI=1S/C22H26ClF3N8O4/c1-33(6-2-5-28-21(37)32-11-3-4-13(23)12(7-11)22(24,25)26)8-14-16(35)17(36)20(38-14)34-10-31-15-18(27)29-9-30-19(15)34/h3-4,7,9-10,14,16-17,20,35-36H,2,5-6,8H2,1H3,(H2,27,29,30)(H2,28,32,37)/t14-,16-,17?,20-/m1/s1. The highest BCUT2D eigenvalue weighted by Gasteiger charge is 2.44. The van der Waals surface area contributed by atoms with Crippen LogP contribution in [0.5, 0.6) is 0 Å². The predicted molar refractivity (Wildman–Crippen MR) is 131 cm³/mol. The third-order valence-corrected chi connectivity index (χ3v) is 6.35. The molecule has 1 fully saturated rings. The lowest BCUT2D eigenvalue weighted by atomic mass is 10.1. The van der Waals surface area contributed by atoms with Gasteiger partial charge in [0.25, 0.3) is 0 Å². The zero-order chi connectivity index (χ0) is 27.6. The molecule has 3 heterocycles. The van der Waals surface area contributed by atoms with Gasteiger partial charge in [0.05, 0.1) is 16.9 Å². The van der Waals surface area contributed by atoms with Crippen LogP contribution >= 0.6 is 11.6 Å². The van der Waals surface area contributed by atoms with E-state index in [4.69, 9.17) is 22.1 Å². The van der Waals surface area contributed by atoms with E-state index in [0.717, 1.165) is 12.1 Å². The van der Waals surface area contributed by atoms with Gasteiger partial charge < -0.3 is 36.2 Å². The average Bonchev–Trinajstić information content (AvgIpc) is 3.40. The van der Waals surface area contributed by atoms with Crippen LogP contribution in [0.4, 0.5) is 29.5 Å². The van der Waals surface area contributed by atoms with Crippen LogP contribution in [-0.4, -0.2) is 85.7 Å². The quantitative estimate of drug-likeness (QED) is 0.259. The van der Waals surface area contributed by atoms with Gasteiger partial charge in [0.2, 0.25) is 0 Å². The van der Waals surface area contributed by atoms with Gasteiger partial charge >= 0.3 is 12.2 Å². The molecular formula is C22H26ClF3N8O4. The second kappa shape index (κ2) is 11.2. The van der Waals surface area contributed by atoms with Gasteiger partial charge in [-0.25, -0.2) is 19.7 Å². The summed E-state index contributed by atoms with van der Waals surface area (Å²) < 4.78 is 46.3. The van der Waals surface area contributed by atoms with Crippen molar-refractivity contribution in [2.24, 2.45) is 0 Å². The number of rotatable bonds is 8. The van der Waals surface area contributed by atoms with Crippen molar-refractivity contribution in [2.75, 3.05) is 37.7 Å². The lowest BCUT2D eigenvalue weighted by Gasteiger charge is -2.22. The Bertz CT molecular complexity index is 1290. The number of nitrogens with one attached hydrogen (secondary N) is 2. The van der Waals surface area contributed by atoms with E-state index in [9.17, 15) is 28.2 Å². The summed E-state index contributed by atoms with van der Waals surface area (Å²) in [4.78, 5) is 26.1. The molecule has 4 rings (SSSR count). The number of amides is 2. The minimum atomic E-state index is -4.64. The van der Waals surface area contributed by atoms with E-state index in [1.165, 1.54) is 23.3 Å². The number of nitrogens with zero attached hydrogens (tertiary/aromatic N) is 5. The molecule has 38 heavy (non-hydrogen) atoms. The van der Waals surface area contributed by atoms with Gasteiger partial charge in [0, 0.05) is 18.8 Å². The molecule has 4 atom stereocenters. The number of aliphatic hydroxyl groups excluding tert-OH is 2. The highest BCUT2D eigenvalue weighted by molar-refractivity contribution is 6.31. The topological polar surface area (TPSA) is 164 Å². The maximum atomic E-state index is 13.0. The van der Waals surface area contributed by atoms with Crippen LogP contribution in [0, 0.1) is 0 Å². The number of hydrogen-bond donors (Lipinski definition) is 5. The molecule has 0 spiro atoms. The van der Waals surface area contributed by atoms with Gasteiger partial charge in [0.15, 0.2) is 17.7 Å². The summed E-state index contributed by atoms with van der Waals surface area (Å²) in [5.41, 5.74) is 5.43. The fourth-order valence-electron chi connectivity index (χ4n) is 4.11. The number of anilines is 2. The first-order valence-corrected chi connectivity index (χ1v) is 11.9. The summed E-state index contributed by atoms with van der Waals surface area (Å²) in [5.74, 6) is 0.180. The van der Waals surface area contributed by atoms with Crippen molar-refractivity contribution in [1.29, 1.82) is 0 Å². The predicted octanol–water partition coefficient (Wildman–Crippen LogP) is 1.84. The molecule has 2 aromatic heterocycles. The molecule has 16 heteroatoms. The number of halogens is 4. The molecule has 1 saturated heterocycles. The summed E-state index contributed by atoms with van der Waals surface area (Å²) >= 11 is 5.58. The zero-order valence-corrected chi connectivity index (χ0v) is 20.8. The molecule has 6 N–H and O–H groups in total. The number of urea groups is 1. The van der Waals surface area contributed by atoms with Crippen molar-refractivity contribution in [1.82, 2.24) is 29.7 Å². The highest BCUT2D eigenvalue weighted by atomic mass is 35.5. The number of hydrogen-bond acceptors (Lipinski definition) is 9. The van der Waals surface area contributed by atoms with E-state index in [-0.39, 0.29) is 24.6 Å². The van der Waals surface area contributed by atoms with Gasteiger partial charge in [-0.1, -0.05) is 11.6 Å². The molecule has 1 aromatic carbocycles. The Balaban J connectivity index is 1.23. The van der Waals surface area contributed by atoms with Crippen LogP contribution < -0.4 is 16.4 Å².